The summed E-state index contributed by atoms with van der Waals surface area (Å²) in [5.41, 5.74) is 2.22. The molecule has 0 atom stereocenters. The topological polar surface area (TPSA) is 79.8 Å². The van der Waals surface area contributed by atoms with Crippen molar-refractivity contribution < 1.29 is 4.92 Å². The van der Waals surface area contributed by atoms with Crippen molar-refractivity contribution in [1.82, 2.24) is 4.98 Å². The zero-order valence-electron chi connectivity index (χ0n) is 13.0. The second-order valence-electron chi connectivity index (χ2n) is 5.18. The first-order valence-electron chi connectivity index (χ1n) is 7.25. The molecule has 0 radical (unpaired) electrons. The van der Waals surface area contributed by atoms with E-state index in [4.69, 9.17) is 23.2 Å². The quantitative estimate of drug-likeness (QED) is 0.301. The smallest absolute Gasteiger partial charge is 0.258 e. The predicted octanol–water partition coefficient (Wildman–Crippen LogP) is 6.09. The fraction of sp³-hybridized carbons (Fsp3) is 0. The van der Waals surface area contributed by atoms with Crippen molar-refractivity contribution in [3.8, 4) is 17.3 Å². The SMILES string of the molecule is N#C/C(=C/c1ccc(Cl)c([N+](=O)[O-])c1)c1nc(-c2ccc(Cl)cc2)cs1. The fourth-order valence-corrected chi connectivity index (χ4v) is 3.33. The molecule has 0 aliphatic rings. The molecule has 0 spiro atoms. The molecule has 0 amide bonds. The van der Waals surface area contributed by atoms with Crippen LogP contribution in [0.25, 0.3) is 22.9 Å². The number of thiazole rings is 1. The van der Waals surface area contributed by atoms with Crippen LogP contribution in [0.2, 0.25) is 10.0 Å². The Balaban J connectivity index is 1.96. The molecule has 3 aromatic rings. The number of nitro groups is 1. The number of benzene rings is 2. The Labute approximate surface area is 162 Å². The lowest BCUT2D eigenvalue weighted by atomic mass is 10.1. The highest BCUT2D eigenvalue weighted by Gasteiger charge is 2.14. The van der Waals surface area contributed by atoms with Gasteiger partial charge >= 0.3 is 0 Å². The Morgan fingerprint density at radius 2 is 1.96 bits per heavy atom. The van der Waals surface area contributed by atoms with Crippen molar-refractivity contribution in [1.29, 1.82) is 5.26 Å². The van der Waals surface area contributed by atoms with Crippen molar-refractivity contribution >= 4 is 51.9 Å². The Hall–Kier alpha value is -2.72. The molecule has 128 valence electrons. The van der Waals surface area contributed by atoms with Crippen molar-refractivity contribution in [3.63, 3.8) is 0 Å². The summed E-state index contributed by atoms with van der Waals surface area (Å²) in [7, 11) is 0. The average Bonchev–Trinajstić information content (AvgIpc) is 3.11. The van der Waals surface area contributed by atoms with Crippen LogP contribution in [0, 0.1) is 21.4 Å². The summed E-state index contributed by atoms with van der Waals surface area (Å²) >= 11 is 13.0. The second kappa shape index (κ2) is 7.67. The first-order valence-corrected chi connectivity index (χ1v) is 8.89. The van der Waals surface area contributed by atoms with E-state index in [1.807, 2.05) is 17.5 Å². The molecule has 8 heteroatoms. The van der Waals surface area contributed by atoms with Gasteiger partial charge in [-0.3, -0.25) is 10.1 Å². The van der Waals surface area contributed by atoms with Gasteiger partial charge in [0.05, 0.1) is 16.2 Å². The maximum Gasteiger partial charge on any atom is 0.288 e. The summed E-state index contributed by atoms with van der Waals surface area (Å²) < 4.78 is 0. The van der Waals surface area contributed by atoms with E-state index in [9.17, 15) is 15.4 Å². The third-order valence-electron chi connectivity index (χ3n) is 3.47. The van der Waals surface area contributed by atoms with Gasteiger partial charge in [0, 0.05) is 22.0 Å². The number of allylic oxidation sites excluding steroid dienone is 1. The predicted molar refractivity (Wildman–Crippen MR) is 104 cm³/mol. The molecule has 1 heterocycles. The number of halogens is 2. The molecule has 0 aliphatic heterocycles. The summed E-state index contributed by atoms with van der Waals surface area (Å²) in [4.78, 5) is 14.9. The van der Waals surface area contributed by atoms with Crippen LogP contribution < -0.4 is 0 Å². The van der Waals surface area contributed by atoms with E-state index in [1.54, 1.807) is 24.3 Å². The molecule has 0 fully saturated rings. The van der Waals surface area contributed by atoms with E-state index in [2.05, 4.69) is 11.1 Å². The molecule has 1 aromatic heterocycles. The minimum Gasteiger partial charge on any atom is -0.258 e. The van der Waals surface area contributed by atoms with Crippen molar-refractivity contribution in [2.24, 2.45) is 0 Å². The van der Waals surface area contributed by atoms with Gasteiger partial charge in [0.2, 0.25) is 0 Å². The summed E-state index contributed by atoms with van der Waals surface area (Å²) in [6.45, 7) is 0. The van der Waals surface area contributed by atoms with Crippen molar-refractivity contribution in [3.05, 3.63) is 78.6 Å². The Morgan fingerprint density at radius 1 is 1.23 bits per heavy atom. The van der Waals surface area contributed by atoms with Crippen LogP contribution >= 0.6 is 34.5 Å². The lowest BCUT2D eigenvalue weighted by Crippen LogP contribution is -1.90. The summed E-state index contributed by atoms with van der Waals surface area (Å²) in [6.07, 6.45) is 1.55. The maximum atomic E-state index is 11.0. The summed E-state index contributed by atoms with van der Waals surface area (Å²) in [5, 5.41) is 23.5. The van der Waals surface area contributed by atoms with Gasteiger partial charge in [-0.25, -0.2) is 4.98 Å². The van der Waals surface area contributed by atoms with E-state index in [1.165, 1.54) is 23.5 Å². The lowest BCUT2D eigenvalue weighted by molar-refractivity contribution is -0.384. The number of hydrogen-bond donors (Lipinski definition) is 0. The van der Waals surface area contributed by atoms with Gasteiger partial charge in [-0.2, -0.15) is 5.26 Å². The molecule has 26 heavy (non-hydrogen) atoms. The zero-order chi connectivity index (χ0) is 18.7. The molecule has 0 aliphatic carbocycles. The van der Waals surface area contributed by atoms with Crippen LogP contribution in [0.1, 0.15) is 10.6 Å². The highest BCUT2D eigenvalue weighted by molar-refractivity contribution is 7.11. The molecular weight excluding hydrogens is 393 g/mol. The lowest BCUT2D eigenvalue weighted by Gasteiger charge is -1.99. The second-order valence-corrected chi connectivity index (χ2v) is 6.88. The minimum absolute atomic E-state index is 0.0462. The van der Waals surface area contributed by atoms with E-state index >= 15 is 0 Å². The maximum absolute atomic E-state index is 11.0. The fourth-order valence-electron chi connectivity index (χ4n) is 2.22. The number of aromatic nitrogens is 1. The Morgan fingerprint density at radius 3 is 2.62 bits per heavy atom. The molecule has 2 aromatic carbocycles. The largest absolute Gasteiger partial charge is 0.288 e. The molecule has 0 saturated carbocycles. The van der Waals surface area contributed by atoms with Crippen molar-refractivity contribution in [2.45, 2.75) is 0 Å². The van der Waals surface area contributed by atoms with Crippen LogP contribution in [0.4, 0.5) is 5.69 Å². The van der Waals surface area contributed by atoms with Gasteiger partial charge in [0.1, 0.15) is 16.1 Å². The summed E-state index contributed by atoms with van der Waals surface area (Å²) in [5.74, 6) is 0. The van der Waals surface area contributed by atoms with Crippen LogP contribution in [-0.4, -0.2) is 9.91 Å². The third kappa shape index (κ3) is 3.92. The van der Waals surface area contributed by atoms with Gasteiger partial charge in [0.15, 0.2) is 0 Å². The van der Waals surface area contributed by atoms with Crippen LogP contribution in [0.3, 0.4) is 0 Å². The zero-order valence-corrected chi connectivity index (χ0v) is 15.3. The number of nitriles is 1. The number of nitrogens with zero attached hydrogens (tertiary/aromatic N) is 3. The van der Waals surface area contributed by atoms with E-state index < -0.39 is 4.92 Å². The van der Waals surface area contributed by atoms with Gasteiger partial charge in [-0.15, -0.1) is 11.3 Å². The van der Waals surface area contributed by atoms with Crippen LogP contribution in [0.5, 0.6) is 0 Å². The molecular formula is C18H9Cl2N3O2S. The molecule has 5 nitrogen and oxygen atoms in total. The van der Waals surface area contributed by atoms with Gasteiger partial charge in [-0.05, 0) is 29.8 Å². The first kappa shape index (κ1) is 18.1. The Kier molecular flexibility index (Phi) is 5.33. The molecule has 3 rings (SSSR count). The highest BCUT2D eigenvalue weighted by atomic mass is 35.5. The van der Waals surface area contributed by atoms with E-state index in [0.717, 1.165) is 11.3 Å². The minimum atomic E-state index is -0.562. The summed E-state index contributed by atoms with van der Waals surface area (Å²) in [6, 6.07) is 13.7. The average molecular weight is 402 g/mol. The van der Waals surface area contributed by atoms with Gasteiger partial charge < -0.3 is 0 Å². The monoisotopic (exact) mass is 401 g/mol. The Bertz CT molecular complexity index is 1050. The standard InChI is InChI=1S/C18H9Cl2N3O2S/c19-14-4-2-12(3-5-14)16-10-26-18(22-16)13(9-21)7-11-1-6-15(20)17(8-11)23(24)25/h1-8,10H/b13-7-. The highest BCUT2D eigenvalue weighted by Crippen LogP contribution is 2.30. The molecule has 0 saturated heterocycles. The number of hydrogen-bond acceptors (Lipinski definition) is 5. The van der Waals surface area contributed by atoms with Gasteiger partial charge in [0.25, 0.3) is 5.69 Å². The van der Waals surface area contributed by atoms with E-state index in [-0.39, 0.29) is 10.7 Å². The van der Waals surface area contributed by atoms with Crippen LogP contribution in [0.15, 0.2) is 47.8 Å². The number of rotatable bonds is 4. The normalized spacial score (nSPS) is 11.2. The van der Waals surface area contributed by atoms with E-state index in [0.29, 0.717) is 21.2 Å². The molecule has 0 N–H and O–H groups in total. The van der Waals surface area contributed by atoms with Crippen molar-refractivity contribution in [2.75, 3.05) is 0 Å². The van der Waals surface area contributed by atoms with Gasteiger partial charge in [-0.1, -0.05) is 41.4 Å². The van der Waals surface area contributed by atoms with Crippen LogP contribution in [-0.2, 0) is 0 Å². The molecule has 0 bridgehead atoms. The third-order valence-corrected chi connectivity index (χ3v) is 4.92. The number of nitro benzene ring substituents is 1. The molecule has 0 unspecified atom stereocenters. The first-order chi connectivity index (χ1) is 12.5.